The summed E-state index contributed by atoms with van der Waals surface area (Å²) in [5, 5.41) is 0. The van der Waals surface area contributed by atoms with Crippen LogP contribution in [0.4, 0.5) is 0 Å². The zero-order chi connectivity index (χ0) is 49.6. The van der Waals surface area contributed by atoms with Gasteiger partial charge in [0.1, 0.15) is 13.2 Å². The molecule has 0 rings (SSSR count). The number of carbonyl (C=O) groups excluding carboxylic acids is 3. The number of hydrogen-bond donors (Lipinski definition) is 0. The molecule has 68 heavy (non-hydrogen) atoms. The Morgan fingerprint density at radius 2 is 0.485 bits per heavy atom. The van der Waals surface area contributed by atoms with Gasteiger partial charge in [-0.15, -0.1) is 0 Å². The van der Waals surface area contributed by atoms with E-state index in [4.69, 9.17) is 14.2 Å². The highest BCUT2D eigenvalue weighted by Crippen LogP contribution is 2.19. The first-order valence-corrected chi connectivity index (χ1v) is 30.7. The molecule has 0 bridgehead atoms. The van der Waals surface area contributed by atoms with E-state index in [1.165, 1.54) is 238 Å². The van der Waals surface area contributed by atoms with Crippen LogP contribution in [0, 0.1) is 11.8 Å². The lowest BCUT2D eigenvalue weighted by molar-refractivity contribution is -0.167. The van der Waals surface area contributed by atoms with Crippen molar-refractivity contribution in [2.45, 2.75) is 355 Å². The van der Waals surface area contributed by atoms with Crippen LogP contribution in [0.3, 0.4) is 0 Å². The quantitative estimate of drug-likeness (QED) is 0.0343. The fourth-order valence-electron chi connectivity index (χ4n) is 9.58. The molecule has 0 N–H and O–H groups in total. The van der Waals surface area contributed by atoms with E-state index in [1.807, 2.05) is 0 Å². The van der Waals surface area contributed by atoms with Crippen molar-refractivity contribution in [1.82, 2.24) is 0 Å². The Labute approximate surface area is 425 Å². The summed E-state index contributed by atoms with van der Waals surface area (Å²) in [4.78, 5) is 38.2. The van der Waals surface area contributed by atoms with Gasteiger partial charge < -0.3 is 14.2 Å². The van der Waals surface area contributed by atoms with Gasteiger partial charge in [0.05, 0.1) is 0 Å². The third kappa shape index (κ3) is 55.3. The SMILES string of the molecule is CCCCCCCCCCCCCCCCCCCCCC(=O)O[C@H](COC(=O)CCCCCCCCCCCCCCCCC(C)C)COC(=O)CCCCCCCCCCCCCC(C)C. The minimum atomic E-state index is -0.763. The van der Waals surface area contributed by atoms with Crippen LogP contribution in [-0.2, 0) is 28.6 Å². The molecule has 0 aromatic rings. The van der Waals surface area contributed by atoms with Gasteiger partial charge >= 0.3 is 17.9 Å². The van der Waals surface area contributed by atoms with Crippen LogP contribution in [0.1, 0.15) is 349 Å². The summed E-state index contributed by atoms with van der Waals surface area (Å²) in [7, 11) is 0. The Morgan fingerprint density at radius 3 is 0.721 bits per heavy atom. The minimum Gasteiger partial charge on any atom is -0.462 e. The average Bonchev–Trinajstić information content (AvgIpc) is 3.31. The smallest absolute Gasteiger partial charge is 0.306 e. The monoisotopic (exact) mass is 961 g/mol. The third-order valence-electron chi connectivity index (χ3n) is 14.2. The van der Waals surface area contributed by atoms with Crippen molar-refractivity contribution in [2.75, 3.05) is 13.2 Å². The Bertz CT molecular complexity index is 1040. The summed E-state index contributed by atoms with van der Waals surface area (Å²) in [6.07, 6.45) is 59.6. The first-order valence-electron chi connectivity index (χ1n) is 30.7. The Kier molecular flexibility index (Phi) is 53.5. The van der Waals surface area contributed by atoms with Crippen molar-refractivity contribution < 1.29 is 28.6 Å². The fourth-order valence-corrected chi connectivity index (χ4v) is 9.58. The van der Waals surface area contributed by atoms with Gasteiger partial charge in [0, 0.05) is 19.3 Å². The molecule has 0 unspecified atom stereocenters. The highest BCUT2D eigenvalue weighted by molar-refractivity contribution is 5.71. The molecular formula is C62H120O6. The minimum absolute atomic E-state index is 0.0624. The first kappa shape index (κ1) is 66.4. The van der Waals surface area contributed by atoms with E-state index >= 15 is 0 Å². The first-order chi connectivity index (χ1) is 33.2. The highest BCUT2D eigenvalue weighted by Gasteiger charge is 2.19. The third-order valence-corrected chi connectivity index (χ3v) is 14.2. The van der Waals surface area contributed by atoms with E-state index in [0.29, 0.717) is 19.3 Å². The fraction of sp³-hybridized carbons (Fsp3) is 0.952. The van der Waals surface area contributed by atoms with Crippen LogP contribution in [-0.4, -0.2) is 37.2 Å². The second-order valence-electron chi connectivity index (χ2n) is 22.3. The maximum absolute atomic E-state index is 12.9. The van der Waals surface area contributed by atoms with E-state index in [2.05, 4.69) is 34.6 Å². The number of unbranched alkanes of at least 4 members (excludes halogenated alkanes) is 41. The molecule has 0 saturated heterocycles. The van der Waals surface area contributed by atoms with Gasteiger partial charge in [-0.25, -0.2) is 0 Å². The van der Waals surface area contributed by atoms with Crippen molar-refractivity contribution in [3.63, 3.8) is 0 Å². The number of hydrogen-bond acceptors (Lipinski definition) is 6. The predicted molar refractivity (Wildman–Crippen MR) is 293 cm³/mol. The summed E-state index contributed by atoms with van der Waals surface area (Å²) in [6.45, 7) is 11.4. The molecule has 0 saturated carbocycles. The van der Waals surface area contributed by atoms with Crippen LogP contribution >= 0.6 is 0 Å². The number of rotatable bonds is 56. The van der Waals surface area contributed by atoms with Crippen LogP contribution in [0.15, 0.2) is 0 Å². The number of esters is 3. The van der Waals surface area contributed by atoms with Crippen molar-refractivity contribution in [2.24, 2.45) is 11.8 Å². The van der Waals surface area contributed by atoms with E-state index < -0.39 is 6.10 Å². The lowest BCUT2D eigenvalue weighted by Crippen LogP contribution is -2.30. The molecular weight excluding hydrogens is 841 g/mol. The molecule has 0 aliphatic heterocycles. The summed E-state index contributed by atoms with van der Waals surface area (Å²) in [5.41, 5.74) is 0. The van der Waals surface area contributed by atoms with Crippen molar-refractivity contribution in [3.8, 4) is 0 Å². The number of ether oxygens (including phenoxy) is 3. The van der Waals surface area contributed by atoms with E-state index in [1.54, 1.807) is 0 Å². The summed E-state index contributed by atoms with van der Waals surface area (Å²) >= 11 is 0. The molecule has 0 aliphatic rings. The molecule has 0 aromatic carbocycles. The molecule has 0 heterocycles. The highest BCUT2D eigenvalue weighted by atomic mass is 16.6. The zero-order valence-corrected chi connectivity index (χ0v) is 46.7. The van der Waals surface area contributed by atoms with Crippen LogP contribution < -0.4 is 0 Å². The van der Waals surface area contributed by atoms with Crippen molar-refractivity contribution in [1.29, 1.82) is 0 Å². The average molecular weight is 962 g/mol. The normalized spacial score (nSPS) is 12.0. The van der Waals surface area contributed by atoms with E-state index in [9.17, 15) is 14.4 Å². The second kappa shape index (κ2) is 54.7. The van der Waals surface area contributed by atoms with Gasteiger partial charge in [-0.2, -0.15) is 0 Å². The molecule has 6 heteroatoms. The van der Waals surface area contributed by atoms with Crippen LogP contribution in [0.5, 0.6) is 0 Å². The van der Waals surface area contributed by atoms with E-state index in [0.717, 1.165) is 69.6 Å². The Hall–Kier alpha value is -1.59. The van der Waals surface area contributed by atoms with E-state index in [-0.39, 0.29) is 31.1 Å². The molecule has 0 aromatic heterocycles. The van der Waals surface area contributed by atoms with Crippen LogP contribution in [0.25, 0.3) is 0 Å². The molecule has 6 nitrogen and oxygen atoms in total. The van der Waals surface area contributed by atoms with Gasteiger partial charge in [-0.1, -0.05) is 311 Å². The van der Waals surface area contributed by atoms with Crippen LogP contribution in [0.2, 0.25) is 0 Å². The molecule has 404 valence electrons. The van der Waals surface area contributed by atoms with Crippen molar-refractivity contribution >= 4 is 17.9 Å². The lowest BCUT2D eigenvalue weighted by atomic mass is 10.0. The number of carbonyl (C=O) groups is 3. The van der Waals surface area contributed by atoms with Gasteiger partial charge in [0.15, 0.2) is 6.10 Å². The molecule has 0 amide bonds. The lowest BCUT2D eigenvalue weighted by Gasteiger charge is -2.18. The maximum atomic E-state index is 12.9. The zero-order valence-electron chi connectivity index (χ0n) is 46.7. The van der Waals surface area contributed by atoms with Gasteiger partial charge in [0.25, 0.3) is 0 Å². The summed E-state index contributed by atoms with van der Waals surface area (Å²) < 4.78 is 16.9. The summed E-state index contributed by atoms with van der Waals surface area (Å²) in [6, 6.07) is 0. The van der Waals surface area contributed by atoms with Gasteiger partial charge in [0.2, 0.25) is 0 Å². The van der Waals surface area contributed by atoms with Crippen molar-refractivity contribution in [3.05, 3.63) is 0 Å². The molecule has 0 radical (unpaired) electrons. The largest absolute Gasteiger partial charge is 0.462 e. The Balaban J connectivity index is 4.28. The molecule has 0 spiro atoms. The van der Waals surface area contributed by atoms with Gasteiger partial charge in [-0.05, 0) is 31.1 Å². The molecule has 0 fully saturated rings. The summed E-state index contributed by atoms with van der Waals surface area (Å²) in [5.74, 6) is 0.836. The second-order valence-corrected chi connectivity index (χ2v) is 22.3. The topological polar surface area (TPSA) is 78.9 Å². The van der Waals surface area contributed by atoms with Gasteiger partial charge in [-0.3, -0.25) is 14.4 Å². The molecule has 0 aliphatic carbocycles. The standard InChI is InChI=1S/C62H120O6/c1-6-7-8-9-10-11-12-13-14-15-16-17-18-23-28-34-39-44-49-54-62(65)68-59(56-67-61(64)53-48-43-38-33-29-24-26-31-36-41-46-51-58(4)5)55-66-60(63)52-47-42-37-32-27-22-20-19-21-25-30-35-40-45-50-57(2)3/h57-59H,6-56H2,1-5H3/t59-/m1/s1. The predicted octanol–water partition coefficient (Wildman–Crippen LogP) is 20.4. The Morgan fingerprint density at radius 1 is 0.279 bits per heavy atom. The maximum Gasteiger partial charge on any atom is 0.306 e. The molecule has 1 atom stereocenters.